The van der Waals surface area contributed by atoms with Gasteiger partial charge in [-0.1, -0.05) is 0 Å². The average molecular weight is 256 g/mol. The maximum absolute atomic E-state index is 11.9. The molecule has 0 aliphatic carbocycles. The Morgan fingerprint density at radius 3 is 2.58 bits per heavy atom. The van der Waals surface area contributed by atoms with Gasteiger partial charge >= 0.3 is 0 Å². The lowest BCUT2D eigenvalue weighted by atomic mass is 10.1. The number of aromatic nitrogens is 2. The third-order valence-corrected chi connectivity index (χ3v) is 3.50. The molecule has 5 heteroatoms. The van der Waals surface area contributed by atoms with E-state index in [2.05, 4.69) is 4.98 Å². The fourth-order valence-electron chi connectivity index (χ4n) is 2.41. The van der Waals surface area contributed by atoms with E-state index in [1.165, 1.54) is 0 Å². The van der Waals surface area contributed by atoms with E-state index in [9.17, 15) is 4.79 Å². The van der Waals surface area contributed by atoms with Crippen molar-refractivity contribution in [2.75, 3.05) is 18.0 Å². The molecule has 0 saturated carbocycles. The van der Waals surface area contributed by atoms with E-state index in [-0.39, 0.29) is 11.8 Å². The molecule has 1 aliphatic rings. The quantitative estimate of drug-likeness (QED) is 0.897. The van der Waals surface area contributed by atoms with Crippen molar-refractivity contribution >= 4 is 11.6 Å². The topological polar surface area (TPSA) is 64.2 Å². The van der Waals surface area contributed by atoms with Gasteiger partial charge in [-0.3, -0.25) is 4.79 Å². The first kappa shape index (κ1) is 11.9. The summed E-state index contributed by atoms with van der Waals surface area (Å²) in [5.41, 5.74) is 7.60. The zero-order chi connectivity index (χ0) is 13.2. The Hall–Kier alpha value is -2.14. The van der Waals surface area contributed by atoms with Crippen LogP contribution in [0.25, 0.3) is 5.69 Å². The Morgan fingerprint density at radius 1 is 1.26 bits per heavy atom. The van der Waals surface area contributed by atoms with Crippen molar-refractivity contribution in [3.8, 4) is 5.69 Å². The van der Waals surface area contributed by atoms with Crippen LogP contribution in [0.2, 0.25) is 0 Å². The molecule has 2 heterocycles. The normalized spacial score (nSPS) is 19.1. The zero-order valence-corrected chi connectivity index (χ0v) is 10.6. The van der Waals surface area contributed by atoms with E-state index in [1.807, 2.05) is 39.9 Å². The number of carbonyl (C=O) groups excluding carboxylic acids is 1. The molecule has 1 unspecified atom stereocenters. The summed E-state index contributed by atoms with van der Waals surface area (Å²) in [6.07, 6.45) is 5.93. The Morgan fingerprint density at radius 2 is 2.00 bits per heavy atom. The first-order valence-corrected chi connectivity index (χ1v) is 6.37. The van der Waals surface area contributed by atoms with Crippen LogP contribution in [0.1, 0.15) is 6.42 Å². The SMILES string of the molecule is NCC1CC(=O)N(c2ccc(-n3ccnc3)cc2)C1. The highest BCUT2D eigenvalue weighted by atomic mass is 16.2. The summed E-state index contributed by atoms with van der Waals surface area (Å²) in [4.78, 5) is 17.7. The van der Waals surface area contributed by atoms with Gasteiger partial charge in [0, 0.05) is 36.7 Å². The first-order valence-electron chi connectivity index (χ1n) is 6.37. The molecule has 3 rings (SSSR count). The minimum absolute atomic E-state index is 0.158. The number of benzene rings is 1. The van der Waals surface area contributed by atoms with Crippen LogP contribution in [0, 0.1) is 5.92 Å². The summed E-state index contributed by atoms with van der Waals surface area (Å²) in [6, 6.07) is 7.90. The van der Waals surface area contributed by atoms with Gasteiger partial charge in [0.05, 0.1) is 6.33 Å². The maximum atomic E-state index is 11.9. The number of nitrogens with zero attached hydrogens (tertiary/aromatic N) is 3. The summed E-state index contributed by atoms with van der Waals surface area (Å²) < 4.78 is 1.93. The summed E-state index contributed by atoms with van der Waals surface area (Å²) in [5.74, 6) is 0.437. The standard InChI is InChI=1S/C14H16N4O/c15-8-11-7-14(19)18(9-11)13-3-1-12(2-4-13)17-6-5-16-10-17/h1-6,10-11H,7-9,15H2. The Balaban J connectivity index is 1.81. The molecule has 1 atom stereocenters. The van der Waals surface area contributed by atoms with Crippen molar-refractivity contribution in [3.63, 3.8) is 0 Å². The number of imidazole rings is 1. The van der Waals surface area contributed by atoms with Gasteiger partial charge in [-0.25, -0.2) is 4.98 Å². The smallest absolute Gasteiger partial charge is 0.227 e. The van der Waals surface area contributed by atoms with Crippen LogP contribution in [0.3, 0.4) is 0 Å². The zero-order valence-electron chi connectivity index (χ0n) is 10.6. The second kappa shape index (κ2) is 4.85. The Kier molecular flexibility index (Phi) is 3.05. The van der Waals surface area contributed by atoms with E-state index in [1.54, 1.807) is 12.5 Å². The highest BCUT2D eigenvalue weighted by Gasteiger charge is 2.29. The molecule has 2 N–H and O–H groups in total. The second-order valence-electron chi connectivity index (χ2n) is 4.80. The molecule has 1 aromatic carbocycles. The van der Waals surface area contributed by atoms with Gasteiger partial charge < -0.3 is 15.2 Å². The fraction of sp³-hybridized carbons (Fsp3) is 0.286. The van der Waals surface area contributed by atoms with E-state index in [0.29, 0.717) is 13.0 Å². The third kappa shape index (κ3) is 2.24. The van der Waals surface area contributed by atoms with Crippen LogP contribution >= 0.6 is 0 Å². The minimum Gasteiger partial charge on any atom is -0.330 e. The lowest BCUT2D eigenvalue weighted by Crippen LogP contribution is -2.25. The predicted molar refractivity (Wildman–Crippen MR) is 73.1 cm³/mol. The summed E-state index contributed by atoms with van der Waals surface area (Å²) in [5, 5.41) is 0. The summed E-state index contributed by atoms with van der Waals surface area (Å²) in [6.45, 7) is 1.29. The maximum Gasteiger partial charge on any atom is 0.227 e. The van der Waals surface area contributed by atoms with Gasteiger partial charge in [-0.15, -0.1) is 0 Å². The Labute approximate surface area is 111 Å². The van der Waals surface area contributed by atoms with Crippen LogP contribution in [0.5, 0.6) is 0 Å². The number of carbonyl (C=O) groups is 1. The van der Waals surface area contributed by atoms with Gasteiger partial charge in [0.15, 0.2) is 0 Å². The van der Waals surface area contributed by atoms with Crippen LogP contribution in [0.15, 0.2) is 43.0 Å². The van der Waals surface area contributed by atoms with E-state index >= 15 is 0 Å². The fourth-order valence-corrected chi connectivity index (χ4v) is 2.41. The van der Waals surface area contributed by atoms with Crippen LogP contribution in [0.4, 0.5) is 5.69 Å². The number of amides is 1. The largest absolute Gasteiger partial charge is 0.330 e. The molecule has 2 aromatic rings. The number of anilines is 1. The van der Waals surface area contributed by atoms with Gasteiger partial charge in [0.25, 0.3) is 0 Å². The molecule has 1 saturated heterocycles. The third-order valence-electron chi connectivity index (χ3n) is 3.50. The molecule has 1 amide bonds. The van der Waals surface area contributed by atoms with Gasteiger partial charge in [0.2, 0.25) is 5.91 Å². The first-order chi connectivity index (χ1) is 9.28. The molecular formula is C14H16N4O. The number of rotatable bonds is 3. The molecule has 19 heavy (non-hydrogen) atoms. The minimum atomic E-state index is 0.158. The lowest BCUT2D eigenvalue weighted by Gasteiger charge is -2.17. The highest BCUT2D eigenvalue weighted by Crippen LogP contribution is 2.25. The van der Waals surface area contributed by atoms with Crippen molar-refractivity contribution < 1.29 is 4.79 Å². The van der Waals surface area contributed by atoms with Crippen LogP contribution < -0.4 is 10.6 Å². The monoisotopic (exact) mass is 256 g/mol. The van der Waals surface area contributed by atoms with Crippen LogP contribution in [-0.4, -0.2) is 28.5 Å². The summed E-state index contributed by atoms with van der Waals surface area (Å²) in [7, 11) is 0. The number of hydrogen-bond donors (Lipinski definition) is 1. The van der Waals surface area contributed by atoms with Crippen LogP contribution in [-0.2, 0) is 4.79 Å². The molecule has 5 nitrogen and oxygen atoms in total. The molecule has 1 aliphatic heterocycles. The van der Waals surface area contributed by atoms with Gasteiger partial charge in [0.1, 0.15) is 0 Å². The van der Waals surface area contributed by atoms with Crippen molar-refractivity contribution in [3.05, 3.63) is 43.0 Å². The van der Waals surface area contributed by atoms with Crippen molar-refractivity contribution in [1.29, 1.82) is 0 Å². The van der Waals surface area contributed by atoms with E-state index in [0.717, 1.165) is 17.9 Å². The van der Waals surface area contributed by atoms with Crippen molar-refractivity contribution in [2.45, 2.75) is 6.42 Å². The molecule has 0 bridgehead atoms. The average Bonchev–Trinajstić information content (AvgIpc) is 3.08. The van der Waals surface area contributed by atoms with Gasteiger partial charge in [-0.2, -0.15) is 0 Å². The second-order valence-corrected chi connectivity index (χ2v) is 4.80. The molecule has 1 aromatic heterocycles. The molecule has 98 valence electrons. The molecule has 0 spiro atoms. The van der Waals surface area contributed by atoms with Gasteiger partial charge in [-0.05, 0) is 36.7 Å². The number of nitrogens with two attached hydrogens (primary N) is 1. The lowest BCUT2D eigenvalue weighted by molar-refractivity contribution is -0.117. The van der Waals surface area contributed by atoms with Crippen molar-refractivity contribution in [2.24, 2.45) is 11.7 Å². The molecular weight excluding hydrogens is 240 g/mol. The molecule has 0 radical (unpaired) electrons. The molecule has 1 fully saturated rings. The van der Waals surface area contributed by atoms with Crippen molar-refractivity contribution in [1.82, 2.24) is 9.55 Å². The highest BCUT2D eigenvalue weighted by molar-refractivity contribution is 5.95. The Bertz CT molecular complexity index is 562. The van der Waals surface area contributed by atoms with E-state index in [4.69, 9.17) is 5.73 Å². The predicted octanol–water partition coefficient (Wildman–Crippen LogP) is 1.18. The summed E-state index contributed by atoms with van der Waals surface area (Å²) >= 11 is 0. The van der Waals surface area contributed by atoms with E-state index < -0.39 is 0 Å². The number of hydrogen-bond acceptors (Lipinski definition) is 3.